The summed E-state index contributed by atoms with van der Waals surface area (Å²) in [6, 6.07) is 0. The number of hydrogen-bond donors (Lipinski definition) is 1. The molecule has 0 atom stereocenters. The Morgan fingerprint density at radius 2 is 2.27 bits per heavy atom. The fourth-order valence-electron chi connectivity index (χ4n) is 1.40. The van der Waals surface area contributed by atoms with E-state index in [2.05, 4.69) is 46.0 Å². The number of aryl methyl sites for hydroxylation is 1. The van der Waals surface area contributed by atoms with E-state index in [1.54, 1.807) is 6.33 Å². The van der Waals surface area contributed by atoms with Crippen molar-refractivity contribution in [3.63, 3.8) is 0 Å². The lowest BCUT2D eigenvalue weighted by molar-refractivity contribution is 0.393. The van der Waals surface area contributed by atoms with Gasteiger partial charge in [0.2, 0.25) is 0 Å². The maximum Gasteiger partial charge on any atom is 0.146 e. The van der Waals surface area contributed by atoms with Gasteiger partial charge in [-0.3, -0.25) is 0 Å². The Labute approximate surface area is 91.5 Å². The van der Waals surface area contributed by atoms with Gasteiger partial charge in [-0.15, -0.1) is 10.2 Å². The molecule has 1 N–H and O–H groups in total. The van der Waals surface area contributed by atoms with Gasteiger partial charge in [-0.05, 0) is 40.5 Å². The number of hydrogen-bond acceptors (Lipinski definition) is 4. The fourth-order valence-corrected chi connectivity index (χ4v) is 1.40. The molecule has 0 aliphatic rings. The standard InChI is InChI=1S/C10H21N5/c1-4-15-9-12-13-10(15)8-11-6-5-7-14(2)3/h9,11H,4-8H2,1-3H3. The quantitative estimate of drug-likeness (QED) is 0.661. The van der Waals surface area contributed by atoms with Crippen LogP contribution in [0.3, 0.4) is 0 Å². The Morgan fingerprint density at radius 1 is 1.47 bits per heavy atom. The maximum atomic E-state index is 4.06. The van der Waals surface area contributed by atoms with Gasteiger partial charge in [0, 0.05) is 6.54 Å². The zero-order valence-corrected chi connectivity index (χ0v) is 9.90. The SMILES string of the molecule is CCn1cnnc1CNCCCN(C)C. The number of rotatable bonds is 7. The van der Waals surface area contributed by atoms with Gasteiger partial charge >= 0.3 is 0 Å². The smallest absolute Gasteiger partial charge is 0.146 e. The van der Waals surface area contributed by atoms with Crippen molar-refractivity contribution in [2.75, 3.05) is 27.2 Å². The molecule has 0 radical (unpaired) electrons. The molecule has 0 aromatic carbocycles. The molecule has 0 spiro atoms. The first kappa shape index (κ1) is 12.1. The highest BCUT2D eigenvalue weighted by atomic mass is 15.3. The minimum Gasteiger partial charge on any atom is -0.317 e. The van der Waals surface area contributed by atoms with Crippen molar-refractivity contribution >= 4 is 0 Å². The molecule has 0 unspecified atom stereocenters. The van der Waals surface area contributed by atoms with Crippen molar-refractivity contribution in [1.82, 2.24) is 25.0 Å². The highest BCUT2D eigenvalue weighted by molar-refractivity contribution is 4.84. The molecule has 1 rings (SSSR count). The van der Waals surface area contributed by atoms with Gasteiger partial charge in [0.25, 0.3) is 0 Å². The number of aromatic nitrogens is 3. The molecule has 1 heterocycles. The van der Waals surface area contributed by atoms with E-state index in [9.17, 15) is 0 Å². The van der Waals surface area contributed by atoms with Gasteiger partial charge in [0.05, 0.1) is 6.54 Å². The average molecular weight is 211 g/mol. The molecule has 0 bridgehead atoms. The molecule has 5 nitrogen and oxygen atoms in total. The first-order chi connectivity index (χ1) is 7.24. The predicted molar refractivity (Wildman–Crippen MR) is 60.6 cm³/mol. The van der Waals surface area contributed by atoms with Gasteiger partial charge in [-0.1, -0.05) is 0 Å². The molecular formula is C10H21N5. The molecule has 1 aromatic rings. The normalized spacial score (nSPS) is 11.2. The molecule has 86 valence electrons. The third kappa shape index (κ3) is 4.40. The van der Waals surface area contributed by atoms with Gasteiger partial charge in [0.15, 0.2) is 0 Å². The molecule has 0 saturated carbocycles. The zero-order chi connectivity index (χ0) is 11.1. The van der Waals surface area contributed by atoms with Crippen LogP contribution in [-0.4, -0.2) is 46.8 Å². The van der Waals surface area contributed by atoms with Crippen molar-refractivity contribution in [2.45, 2.75) is 26.4 Å². The summed E-state index contributed by atoms with van der Waals surface area (Å²) < 4.78 is 2.05. The van der Waals surface area contributed by atoms with Crippen molar-refractivity contribution in [3.8, 4) is 0 Å². The largest absolute Gasteiger partial charge is 0.317 e. The first-order valence-electron chi connectivity index (χ1n) is 5.46. The molecule has 0 fully saturated rings. The summed E-state index contributed by atoms with van der Waals surface area (Å²) in [5.74, 6) is 1.02. The third-order valence-corrected chi connectivity index (χ3v) is 2.28. The lowest BCUT2D eigenvalue weighted by Crippen LogP contribution is -2.22. The fraction of sp³-hybridized carbons (Fsp3) is 0.800. The average Bonchev–Trinajstić information content (AvgIpc) is 2.64. The van der Waals surface area contributed by atoms with Crippen LogP contribution in [0.25, 0.3) is 0 Å². The van der Waals surface area contributed by atoms with Gasteiger partial charge in [0.1, 0.15) is 12.2 Å². The van der Waals surface area contributed by atoms with Gasteiger partial charge in [-0.2, -0.15) is 0 Å². The monoisotopic (exact) mass is 211 g/mol. The predicted octanol–water partition coefficient (Wildman–Crippen LogP) is 0.339. The van der Waals surface area contributed by atoms with Crippen LogP contribution in [0, 0.1) is 0 Å². The van der Waals surface area contributed by atoms with Crippen LogP contribution in [0.4, 0.5) is 0 Å². The zero-order valence-electron chi connectivity index (χ0n) is 9.90. The van der Waals surface area contributed by atoms with Gasteiger partial charge in [-0.25, -0.2) is 0 Å². The molecular weight excluding hydrogens is 190 g/mol. The van der Waals surface area contributed by atoms with E-state index >= 15 is 0 Å². The lowest BCUT2D eigenvalue weighted by atomic mass is 10.4. The lowest BCUT2D eigenvalue weighted by Gasteiger charge is -2.09. The van der Waals surface area contributed by atoms with Crippen LogP contribution in [0.1, 0.15) is 19.2 Å². The summed E-state index contributed by atoms with van der Waals surface area (Å²) in [7, 11) is 4.18. The van der Waals surface area contributed by atoms with E-state index in [4.69, 9.17) is 0 Å². The summed E-state index contributed by atoms with van der Waals surface area (Å²) >= 11 is 0. The Kier molecular flexibility index (Phi) is 5.28. The highest BCUT2D eigenvalue weighted by Gasteiger charge is 2.00. The first-order valence-corrected chi connectivity index (χ1v) is 5.46. The van der Waals surface area contributed by atoms with Crippen molar-refractivity contribution < 1.29 is 0 Å². The van der Waals surface area contributed by atoms with E-state index < -0.39 is 0 Å². The van der Waals surface area contributed by atoms with Crippen LogP contribution in [0.5, 0.6) is 0 Å². The van der Waals surface area contributed by atoms with Crippen LogP contribution >= 0.6 is 0 Å². The van der Waals surface area contributed by atoms with E-state index in [0.29, 0.717) is 0 Å². The van der Waals surface area contributed by atoms with Gasteiger partial charge < -0.3 is 14.8 Å². The van der Waals surface area contributed by atoms with Crippen LogP contribution in [0.2, 0.25) is 0 Å². The highest BCUT2D eigenvalue weighted by Crippen LogP contribution is 1.93. The van der Waals surface area contributed by atoms with Crippen molar-refractivity contribution in [2.24, 2.45) is 0 Å². The topological polar surface area (TPSA) is 46.0 Å². The molecule has 15 heavy (non-hydrogen) atoms. The van der Waals surface area contributed by atoms with Crippen LogP contribution in [0.15, 0.2) is 6.33 Å². The summed E-state index contributed by atoms with van der Waals surface area (Å²) in [5, 5.41) is 11.3. The summed E-state index contributed by atoms with van der Waals surface area (Å²) in [5.41, 5.74) is 0. The number of nitrogens with zero attached hydrogens (tertiary/aromatic N) is 4. The van der Waals surface area contributed by atoms with E-state index in [1.807, 2.05) is 0 Å². The molecule has 5 heteroatoms. The molecule has 0 saturated heterocycles. The van der Waals surface area contributed by atoms with Crippen molar-refractivity contribution in [1.29, 1.82) is 0 Å². The second-order valence-electron chi connectivity index (χ2n) is 3.87. The Balaban J connectivity index is 2.15. The van der Waals surface area contributed by atoms with Crippen LogP contribution < -0.4 is 5.32 Å². The minimum absolute atomic E-state index is 0.807. The maximum absolute atomic E-state index is 4.06. The third-order valence-electron chi connectivity index (χ3n) is 2.28. The Morgan fingerprint density at radius 3 is 2.93 bits per heavy atom. The summed E-state index contributed by atoms with van der Waals surface area (Å²) in [6.45, 7) is 5.98. The second kappa shape index (κ2) is 6.53. The van der Waals surface area contributed by atoms with Crippen LogP contribution in [-0.2, 0) is 13.1 Å². The Hall–Kier alpha value is -0.940. The Bertz CT molecular complexity index is 269. The summed E-state index contributed by atoms with van der Waals surface area (Å²) in [4.78, 5) is 2.19. The molecule has 0 aliphatic heterocycles. The van der Waals surface area contributed by atoms with E-state index in [1.165, 1.54) is 0 Å². The number of nitrogens with one attached hydrogen (secondary N) is 1. The minimum atomic E-state index is 0.807. The van der Waals surface area contributed by atoms with E-state index in [0.717, 1.165) is 38.4 Å². The molecule has 1 aromatic heterocycles. The van der Waals surface area contributed by atoms with E-state index in [-0.39, 0.29) is 0 Å². The second-order valence-corrected chi connectivity index (χ2v) is 3.87. The molecule has 0 aliphatic carbocycles. The van der Waals surface area contributed by atoms with Crippen molar-refractivity contribution in [3.05, 3.63) is 12.2 Å². The molecule has 0 amide bonds. The summed E-state index contributed by atoms with van der Waals surface area (Å²) in [6.07, 6.45) is 2.93.